The summed E-state index contributed by atoms with van der Waals surface area (Å²) in [5.41, 5.74) is 2.22. The van der Waals surface area contributed by atoms with Crippen molar-refractivity contribution < 1.29 is 9.84 Å². The fourth-order valence-electron chi connectivity index (χ4n) is 2.51. The largest absolute Gasteiger partial charge is 0.493 e. The van der Waals surface area contributed by atoms with Gasteiger partial charge in [-0.15, -0.1) is 11.3 Å². The normalized spacial score (nSPS) is 15.8. The van der Waals surface area contributed by atoms with Gasteiger partial charge in [-0.2, -0.15) is 0 Å². The van der Waals surface area contributed by atoms with Crippen LogP contribution in [0.15, 0.2) is 30.3 Å². The fourth-order valence-corrected chi connectivity index (χ4v) is 3.58. The first-order chi connectivity index (χ1) is 9.47. The van der Waals surface area contributed by atoms with Gasteiger partial charge in [0.2, 0.25) is 0 Å². The summed E-state index contributed by atoms with van der Waals surface area (Å²) in [5, 5.41) is 10.7. The second-order valence-corrected chi connectivity index (χ2v) is 7.40. The molecule has 3 rings (SSSR count). The summed E-state index contributed by atoms with van der Waals surface area (Å²) in [6, 6.07) is 10.2. The molecular formula is C17H20O2S. The maximum Gasteiger partial charge on any atom is 0.128 e. The molecule has 2 heterocycles. The van der Waals surface area contributed by atoms with Gasteiger partial charge >= 0.3 is 0 Å². The van der Waals surface area contributed by atoms with E-state index in [4.69, 9.17) is 4.74 Å². The van der Waals surface area contributed by atoms with Crippen molar-refractivity contribution in [3.8, 4) is 5.75 Å². The van der Waals surface area contributed by atoms with Crippen LogP contribution in [-0.2, 0) is 11.8 Å². The van der Waals surface area contributed by atoms with Gasteiger partial charge in [0.15, 0.2) is 0 Å². The van der Waals surface area contributed by atoms with Crippen LogP contribution in [0, 0.1) is 0 Å². The van der Waals surface area contributed by atoms with Crippen molar-refractivity contribution in [2.75, 3.05) is 6.61 Å². The first-order valence-corrected chi connectivity index (χ1v) is 7.81. The Kier molecular flexibility index (Phi) is 3.35. The average molecular weight is 288 g/mol. The summed E-state index contributed by atoms with van der Waals surface area (Å²) in [6.07, 6.45) is 0.345. The molecule has 0 radical (unpaired) electrons. The maximum absolute atomic E-state index is 10.7. The molecule has 1 aliphatic rings. The standard InChI is InChI=1S/C17H20O2S/c1-17(2,3)14-8-7-13(20-14)15(18)12-6-4-5-11-9-10-19-16(11)12/h4-8,15,18H,9-10H2,1-3H3. The molecule has 1 atom stereocenters. The topological polar surface area (TPSA) is 29.5 Å². The number of para-hydroxylation sites is 1. The van der Waals surface area contributed by atoms with E-state index in [9.17, 15) is 5.11 Å². The third kappa shape index (κ3) is 2.36. The van der Waals surface area contributed by atoms with Gasteiger partial charge in [0.1, 0.15) is 11.9 Å². The summed E-state index contributed by atoms with van der Waals surface area (Å²) in [5.74, 6) is 0.880. The smallest absolute Gasteiger partial charge is 0.128 e. The quantitative estimate of drug-likeness (QED) is 0.903. The lowest BCUT2D eigenvalue weighted by Gasteiger charge is -2.16. The number of aliphatic hydroxyl groups excluding tert-OH is 1. The minimum atomic E-state index is -0.593. The van der Waals surface area contributed by atoms with E-state index in [1.54, 1.807) is 11.3 Å². The highest BCUT2D eigenvalue weighted by atomic mass is 32.1. The zero-order chi connectivity index (χ0) is 14.3. The van der Waals surface area contributed by atoms with Crippen LogP contribution < -0.4 is 4.74 Å². The van der Waals surface area contributed by atoms with Crippen molar-refractivity contribution in [3.63, 3.8) is 0 Å². The number of rotatable bonds is 2. The molecule has 3 heteroatoms. The van der Waals surface area contributed by atoms with Crippen molar-refractivity contribution in [2.45, 2.75) is 38.7 Å². The van der Waals surface area contributed by atoms with Crippen molar-refractivity contribution in [1.29, 1.82) is 0 Å². The van der Waals surface area contributed by atoms with E-state index in [0.717, 1.165) is 29.2 Å². The molecule has 20 heavy (non-hydrogen) atoms. The van der Waals surface area contributed by atoms with Crippen LogP contribution in [0.25, 0.3) is 0 Å². The fraction of sp³-hybridized carbons (Fsp3) is 0.412. The zero-order valence-electron chi connectivity index (χ0n) is 12.1. The molecule has 1 aromatic heterocycles. The van der Waals surface area contributed by atoms with Crippen LogP contribution in [0.1, 0.15) is 47.8 Å². The molecular weight excluding hydrogens is 268 g/mol. The van der Waals surface area contributed by atoms with Crippen LogP contribution in [0.3, 0.4) is 0 Å². The van der Waals surface area contributed by atoms with E-state index in [-0.39, 0.29) is 5.41 Å². The lowest BCUT2D eigenvalue weighted by Crippen LogP contribution is -2.07. The second-order valence-electron chi connectivity index (χ2n) is 6.29. The first kappa shape index (κ1) is 13.7. The summed E-state index contributed by atoms with van der Waals surface area (Å²) >= 11 is 1.68. The molecule has 0 bridgehead atoms. The maximum atomic E-state index is 10.7. The van der Waals surface area contributed by atoms with Crippen LogP contribution >= 0.6 is 11.3 Å². The van der Waals surface area contributed by atoms with Crippen molar-refractivity contribution in [1.82, 2.24) is 0 Å². The predicted octanol–water partition coefficient (Wildman–Crippen LogP) is 4.06. The van der Waals surface area contributed by atoms with E-state index in [1.165, 1.54) is 10.4 Å². The Labute approximate surface area is 124 Å². The summed E-state index contributed by atoms with van der Waals surface area (Å²) in [6.45, 7) is 7.30. The molecule has 1 aromatic carbocycles. The Morgan fingerprint density at radius 2 is 2.00 bits per heavy atom. The molecule has 1 N–H and O–H groups in total. The van der Waals surface area contributed by atoms with Crippen LogP contribution in [0.2, 0.25) is 0 Å². The SMILES string of the molecule is CC(C)(C)c1ccc(C(O)c2cccc3c2OCC3)s1. The van der Waals surface area contributed by atoms with Gasteiger partial charge in [-0.1, -0.05) is 39.0 Å². The summed E-state index contributed by atoms with van der Waals surface area (Å²) in [7, 11) is 0. The van der Waals surface area contributed by atoms with Crippen molar-refractivity contribution >= 4 is 11.3 Å². The van der Waals surface area contributed by atoms with E-state index < -0.39 is 6.10 Å². The van der Waals surface area contributed by atoms with Gasteiger partial charge < -0.3 is 9.84 Å². The number of aliphatic hydroxyl groups is 1. The highest BCUT2D eigenvalue weighted by Crippen LogP contribution is 2.39. The van der Waals surface area contributed by atoms with Gasteiger partial charge in [-0.05, 0) is 23.1 Å². The molecule has 0 amide bonds. The number of thiophene rings is 1. The van der Waals surface area contributed by atoms with E-state index in [2.05, 4.69) is 32.9 Å². The lowest BCUT2D eigenvalue weighted by molar-refractivity contribution is 0.217. The summed E-state index contributed by atoms with van der Waals surface area (Å²) in [4.78, 5) is 2.28. The number of hydrogen-bond acceptors (Lipinski definition) is 3. The van der Waals surface area contributed by atoms with Gasteiger partial charge in [0.05, 0.1) is 6.61 Å². The molecule has 0 aliphatic carbocycles. The highest BCUT2D eigenvalue weighted by molar-refractivity contribution is 7.12. The highest BCUT2D eigenvalue weighted by Gasteiger charge is 2.24. The van der Waals surface area contributed by atoms with Crippen LogP contribution in [0.5, 0.6) is 5.75 Å². The monoisotopic (exact) mass is 288 g/mol. The average Bonchev–Trinajstić information content (AvgIpc) is 3.05. The van der Waals surface area contributed by atoms with E-state index in [0.29, 0.717) is 0 Å². The minimum absolute atomic E-state index is 0.123. The molecule has 2 aromatic rings. The molecule has 0 fully saturated rings. The Bertz CT molecular complexity index is 622. The Balaban J connectivity index is 1.95. The minimum Gasteiger partial charge on any atom is -0.493 e. The Morgan fingerprint density at radius 1 is 1.20 bits per heavy atom. The van der Waals surface area contributed by atoms with Crippen LogP contribution in [-0.4, -0.2) is 11.7 Å². The number of hydrogen-bond donors (Lipinski definition) is 1. The number of benzene rings is 1. The van der Waals surface area contributed by atoms with Crippen molar-refractivity contribution in [3.05, 3.63) is 51.2 Å². The molecule has 0 saturated heterocycles. The lowest BCUT2D eigenvalue weighted by atomic mass is 9.95. The second kappa shape index (κ2) is 4.90. The molecule has 0 saturated carbocycles. The Hall–Kier alpha value is -1.32. The molecule has 2 nitrogen and oxygen atoms in total. The van der Waals surface area contributed by atoms with Gasteiger partial charge in [-0.25, -0.2) is 0 Å². The van der Waals surface area contributed by atoms with Gasteiger partial charge in [-0.3, -0.25) is 0 Å². The number of fused-ring (bicyclic) bond motifs is 1. The molecule has 1 aliphatic heterocycles. The third-order valence-corrected chi connectivity index (χ3v) is 5.24. The van der Waals surface area contributed by atoms with E-state index >= 15 is 0 Å². The van der Waals surface area contributed by atoms with E-state index in [1.807, 2.05) is 18.2 Å². The van der Waals surface area contributed by atoms with Gasteiger partial charge in [0, 0.05) is 21.7 Å². The predicted molar refractivity (Wildman–Crippen MR) is 82.7 cm³/mol. The van der Waals surface area contributed by atoms with Crippen LogP contribution in [0.4, 0.5) is 0 Å². The molecule has 1 unspecified atom stereocenters. The molecule has 0 spiro atoms. The van der Waals surface area contributed by atoms with Crippen molar-refractivity contribution in [2.24, 2.45) is 0 Å². The van der Waals surface area contributed by atoms with Gasteiger partial charge in [0.25, 0.3) is 0 Å². The summed E-state index contributed by atoms with van der Waals surface area (Å²) < 4.78 is 5.69. The number of ether oxygens (including phenoxy) is 1. The third-order valence-electron chi connectivity index (χ3n) is 3.67. The zero-order valence-corrected chi connectivity index (χ0v) is 13.0. The first-order valence-electron chi connectivity index (χ1n) is 6.99. The molecule has 106 valence electrons. The Morgan fingerprint density at radius 3 is 2.70 bits per heavy atom.